The minimum Gasteiger partial charge on any atom is -0.390 e. The van der Waals surface area contributed by atoms with Crippen LogP contribution >= 0.6 is 0 Å². The molecule has 2 rings (SSSR count). The molecule has 0 bridgehead atoms. The van der Waals surface area contributed by atoms with Crippen molar-refractivity contribution in [2.24, 2.45) is 5.92 Å². The van der Waals surface area contributed by atoms with E-state index in [2.05, 4.69) is 17.3 Å². The molecule has 1 aromatic heterocycles. The van der Waals surface area contributed by atoms with Crippen LogP contribution in [-0.2, 0) is 6.54 Å². The number of rotatable bonds is 6. The zero-order valence-electron chi connectivity index (χ0n) is 9.61. The first-order valence-electron chi connectivity index (χ1n) is 5.64. The summed E-state index contributed by atoms with van der Waals surface area (Å²) in [5.74, 6) is 0.688. The number of aromatic nitrogens is 2. The third-order valence-corrected chi connectivity index (χ3v) is 2.95. The van der Waals surface area contributed by atoms with E-state index in [9.17, 15) is 15.2 Å². The van der Waals surface area contributed by atoms with E-state index in [1.807, 2.05) is 0 Å². The second kappa shape index (κ2) is 4.80. The lowest BCUT2D eigenvalue weighted by atomic mass is 10.3. The highest BCUT2D eigenvalue weighted by Crippen LogP contribution is 2.28. The summed E-state index contributed by atoms with van der Waals surface area (Å²) >= 11 is 0. The molecule has 7 heteroatoms. The van der Waals surface area contributed by atoms with Crippen molar-refractivity contribution in [2.45, 2.75) is 32.0 Å². The van der Waals surface area contributed by atoms with Crippen LogP contribution in [0.1, 0.15) is 13.3 Å². The SMILES string of the molecule is CC1CC1NCC(O)Cn1cc([N+](=O)[O-])cn1. The molecule has 0 spiro atoms. The van der Waals surface area contributed by atoms with Crippen molar-refractivity contribution in [3.05, 3.63) is 22.5 Å². The van der Waals surface area contributed by atoms with Crippen LogP contribution < -0.4 is 5.32 Å². The lowest BCUT2D eigenvalue weighted by Gasteiger charge is -2.11. The summed E-state index contributed by atoms with van der Waals surface area (Å²) in [6.45, 7) is 2.91. The van der Waals surface area contributed by atoms with Gasteiger partial charge in [-0.1, -0.05) is 6.92 Å². The molecule has 1 aliphatic carbocycles. The molecule has 94 valence electrons. The van der Waals surface area contributed by atoms with Gasteiger partial charge in [-0.2, -0.15) is 5.10 Å². The molecule has 0 aliphatic heterocycles. The summed E-state index contributed by atoms with van der Waals surface area (Å²) in [6, 6.07) is 0.511. The van der Waals surface area contributed by atoms with Gasteiger partial charge >= 0.3 is 5.69 Å². The van der Waals surface area contributed by atoms with E-state index in [1.165, 1.54) is 17.1 Å². The number of aliphatic hydroxyl groups excluding tert-OH is 1. The molecule has 7 nitrogen and oxygen atoms in total. The van der Waals surface area contributed by atoms with Gasteiger partial charge in [0.25, 0.3) is 0 Å². The largest absolute Gasteiger partial charge is 0.390 e. The smallest absolute Gasteiger partial charge is 0.306 e. The molecule has 3 unspecified atom stereocenters. The number of aliphatic hydroxyl groups is 1. The van der Waals surface area contributed by atoms with E-state index in [-0.39, 0.29) is 12.2 Å². The summed E-state index contributed by atoms with van der Waals surface area (Å²) in [5, 5.41) is 27.2. The summed E-state index contributed by atoms with van der Waals surface area (Å²) in [7, 11) is 0. The number of hydrogen-bond acceptors (Lipinski definition) is 5. The quantitative estimate of drug-likeness (QED) is 0.545. The molecule has 1 fully saturated rings. The second-order valence-corrected chi connectivity index (χ2v) is 4.56. The van der Waals surface area contributed by atoms with Gasteiger partial charge in [-0.3, -0.25) is 14.8 Å². The Kier molecular flexibility index (Phi) is 3.39. The van der Waals surface area contributed by atoms with Crippen molar-refractivity contribution in [3.8, 4) is 0 Å². The van der Waals surface area contributed by atoms with E-state index in [0.717, 1.165) is 6.42 Å². The van der Waals surface area contributed by atoms with Crippen molar-refractivity contribution in [1.82, 2.24) is 15.1 Å². The van der Waals surface area contributed by atoms with Crippen LogP contribution in [0, 0.1) is 16.0 Å². The summed E-state index contributed by atoms with van der Waals surface area (Å²) in [4.78, 5) is 9.94. The molecule has 1 aromatic rings. The van der Waals surface area contributed by atoms with Gasteiger partial charge in [0.1, 0.15) is 12.4 Å². The highest BCUT2D eigenvalue weighted by molar-refractivity contribution is 5.20. The third-order valence-electron chi connectivity index (χ3n) is 2.95. The first kappa shape index (κ1) is 12.0. The molecular formula is C10H16N4O3. The van der Waals surface area contributed by atoms with E-state index in [0.29, 0.717) is 18.5 Å². The van der Waals surface area contributed by atoms with Gasteiger partial charge in [-0.15, -0.1) is 0 Å². The van der Waals surface area contributed by atoms with Gasteiger partial charge in [0, 0.05) is 12.6 Å². The Morgan fingerprint density at radius 3 is 3.06 bits per heavy atom. The average Bonchev–Trinajstić information content (AvgIpc) is 2.77. The summed E-state index contributed by atoms with van der Waals surface area (Å²) in [5.41, 5.74) is -0.0547. The minimum absolute atomic E-state index is 0.0547. The van der Waals surface area contributed by atoms with Crippen LogP contribution in [0.5, 0.6) is 0 Å². The average molecular weight is 240 g/mol. The van der Waals surface area contributed by atoms with Crippen LogP contribution in [0.15, 0.2) is 12.4 Å². The minimum atomic E-state index is -0.581. The van der Waals surface area contributed by atoms with Gasteiger partial charge in [0.2, 0.25) is 0 Å². The van der Waals surface area contributed by atoms with Crippen molar-refractivity contribution in [2.75, 3.05) is 6.54 Å². The van der Waals surface area contributed by atoms with Crippen LogP contribution in [0.4, 0.5) is 5.69 Å². The van der Waals surface area contributed by atoms with E-state index in [1.54, 1.807) is 0 Å². The molecule has 17 heavy (non-hydrogen) atoms. The van der Waals surface area contributed by atoms with Crippen molar-refractivity contribution < 1.29 is 10.0 Å². The van der Waals surface area contributed by atoms with Gasteiger partial charge in [0.05, 0.1) is 17.6 Å². The Hall–Kier alpha value is -1.47. The second-order valence-electron chi connectivity index (χ2n) is 4.56. The zero-order chi connectivity index (χ0) is 12.4. The highest BCUT2D eigenvalue weighted by Gasteiger charge is 2.32. The molecule has 0 saturated heterocycles. The fraction of sp³-hybridized carbons (Fsp3) is 0.700. The highest BCUT2D eigenvalue weighted by atomic mass is 16.6. The first-order valence-corrected chi connectivity index (χ1v) is 5.64. The monoisotopic (exact) mass is 240 g/mol. The van der Waals surface area contributed by atoms with Crippen LogP contribution in [0.2, 0.25) is 0 Å². The predicted molar refractivity (Wildman–Crippen MR) is 60.5 cm³/mol. The molecule has 1 heterocycles. The standard InChI is InChI=1S/C10H16N4O3/c1-7-2-10(7)11-4-9(15)6-13-5-8(3-12-13)14(16)17/h3,5,7,9-11,15H,2,4,6H2,1H3. The fourth-order valence-corrected chi connectivity index (χ4v) is 1.72. The van der Waals surface area contributed by atoms with Crippen molar-refractivity contribution in [3.63, 3.8) is 0 Å². The maximum absolute atomic E-state index is 10.4. The van der Waals surface area contributed by atoms with E-state index >= 15 is 0 Å². The molecule has 1 aliphatic rings. The number of hydrogen-bond donors (Lipinski definition) is 2. The fourth-order valence-electron chi connectivity index (χ4n) is 1.72. The molecule has 2 N–H and O–H groups in total. The number of nitrogens with zero attached hydrogens (tertiary/aromatic N) is 3. The van der Waals surface area contributed by atoms with Gasteiger partial charge in [-0.25, -0.2) is 0 Å². The van der Waals surface area contributed by atoms with Gasteiger partial charge in [-0.05, 0) is 12.3 Å². The Balaban J connectivity index is 1.76. The molecular weight excluding hydrogens is 224 g/mol. The first-order chi connectivity index (χ1) is 8.06. The topological polar surface area (TPSA) is 93.2 Å². The molecule has 1 saturated carbocycles. The maximum Gasteiger partial charge on any atom is 0.306 e. The molecule has 0 aromatic carbocycles. The van der Waals surface area contributed by atoms with Crippen LogP contribution in [-0.4, -0.2) is 38.5 Å². The van der Waals surface area contributed by atoms with Crippen molar-refractivity contribution >= 4 is 5.69 Å². The van der Waals surface area contributed by atoms with Gasteiger partial charge in [0.15, 0.2) is 0 Å². The lowest BCUT2D eigenvalue weighted by molar-refractivity contribution is -0.385. The Morgan fingerprint density at radius 1 is 1.82 bits per heavy atom. The Bertz CT molecular complexity index is 406. The molecule has 3 atom stereocenters. The van der Waals surface area contributed by atoms with Gasteiger partial charge < -0.3 is 10.4 Å². The predicted octanol–water partition coefficient (Wildman–Crippen LogP) is 0.150. The van der Waals surface area contributed by atoms with Crippen molar-refractivity contribution in [1.29, 1.82) is 0 Å². The summed E-state index contributed by atoms with van der Waals surface area (Å²) in [6.07, 6.45) is 3.08. The normalized spacial score (nSPS) is 24.6. The summed E-state index contributed by atoms with van der Waals surface area (Å²) < 4.78 is 1.39. The van der Waals surface area contributed by atoms with Crippen LogP contribution in [0.25, 0.3) is 0 Å². The van der Waals surface area contributed by atoms with E-state index < -0.39 is 11.0 Å². The maximum atomic E-state index is 10.4. The van der Waals surface area contributed by atoms with E-state index in [4.69, 9.17) is 0 Å². The zero-order valence-corrected chi connectivity index (χ0v) is 9.61. The third kappa shape index (κ3) is 3.24. The molecule has 0 amide bonds. The Labute approximate surface area is 98.6 Å². The lowest BCUT2D eigenvalue weighted by Crippen LogP contribution is -2.32. The number of nitro groups is 1. The Morgan fingerprint density at radius 2 is 2.53 bits per heavy atom. The van der Waals surface area contributed by atoms with Crippen LogP contribution in [0.3, 0.4) is 0 Å². The number of nitrogens with one attached hydrogen (secondary N) is 1. The molecule has 0 radical (unpaired) electrons.